The highest BCUT2D eigenvalue weighted by Gasteiger charge is 2.29. The van der Waals surface area contributed by atoms with Crippen molar-refractivity contribution in [2.24, 2.45) is 11.1 Å². The minimum atomic E-state index is 0.457. The van der Waals surface area contributed by atoms with Crippen molar-refractivity contribution in [3.05, 3.63) is 23.2 Å². The zero-order valence-electron chi connectivity index (χ0n) is 10.5. The van der Waals surface area contributed by atoms with E-state index in [1.807, 2.05) is 0 Å². The van der Waals surface area contributed by atoms with Crippen molar-refractivity contribution >= 4 is 0 Å². The van der Waals surface area contributed by atoms with Gasteiger partial charge >= 0.3 is 0 Å². The standard InChI is InChI=1S/C13H22N2O/c1-10-6-11(16-12(10)7-14)8-15-5-4-13(2,3)9-15/h6H,4-5,7-9,14H2,1-3H3. The summed E-state index contributed by atoms with van der Waals surface area (Å²) in [5.74, 6) is 1.98. The number of aryl methyl sites for hydroxylation is 1. The first kappa shape index (κ1) is 11.7. The number of rotatable bonds is 3. The van der Waals surface area contributed by atoms with E-state index in [4.69, 9.17) is 10.2 Å². The molecule has 0 aromatic carbocycles. The maximum Gasteiger partial charge on any atom is 0.120 e. The predicted molar refractivity (Wildman–Crippen MR) is 65.0 cm³/mol. The van der Waals surface area contributed by atoms with E-state index >= 15 is 0 Å². The zero-order valence-corrected chi connectivity index (χ0v) is 10.5. The third-order valence-corrected chi connectivity index (χ3v) is 3.39. The molecule has 0 radical (unpaired) electrons. The fourth-order valence-corrected chi connectivity index (χ4v) is 2.45. The summed E-state index contributed by atoms with van der Waals surface area (Å²) in [7, 11) is 0. The Morgan fingerprint density at radius 3 is 2.75 bits per heavy atom. The predicted octanol–water partition coefficient (Wildman–Crippen LogP) is 2.28. The van der Waals surface area contributed by atoms with Gasteiger partial charge in [0.25, 0.3) is 0 Å². The summed E-state index contributed by atoms with van der Waals surface area (Å²) in [6.07, 6.45) is 1.27. The van der Waals surface area contributed by atoms with Gasteiger partial charge in [-0.05, 0) is 36.9 Å². The summed E-state index contributed by atoms with van der Waals surface area (Å²) in [5.41, 5.74) is 7.24. The van der Waals surface area contributed by atoms with Gasteiger partial charge in [0.2, 0.25) is 0 Å². The van der Waals surface area contributed by atoms with Crippen LogP contribution in [0.4, 0.5) is 0 Å². The maximum absolute atomic E-state index is 5.73. The molecule has 2 heterocycles. The van der Waals surface area contributed by atoms with Crippen LogP contribution in [0.1, 0.15) is 37.4 Å². The van der Waals surface area contributed by atoms with Gasteiger partial charge in [-0.3, -0.25) is 4.90 Å². The van der Waals surface area contributed by atoms with Crippen LogP contribution in [0.2, 0.25) is 0 Å². The van der Waals surface area contributed by atoms with E-state index in [-0.39, 0.29) is 0 Å². The van der Waals surface area contributed by atoms with Gasteiger partial charge in [-0.1, -0.05) is 13.8 Å². The first-order valence-corrected chi connectivity index (χ1v) is 6.01. The van der Waals surface area contributed by atoms with Gasteiger partial charge in [0.15, 0.2) is 0 Å². The molecule has 1 aliphatic heterocycles. The van der Waals surface area contributed by atoms with E-state index in [2.05, 4.69) is 31.7 Å². The van der Waals surface area contributed by atoms with Crippen LogP contribution in [-0.4, -0.2) is 18.0 Å². The van der Waals surface area contributed by atoms with Crippen LogP contribution in [0, 0.1) is 12.3 Å². The summed E-state index contributed by atoms with van der Waals surface area (Å²) in [6.45, 7) is 10.5. The Labute approximate surface area is 97.6 Å². The van der Waals surface area contributed by atoms with Gasteiger partial charge in [-0.2, -0.15) is 0 Å². The fraction of sp³-hybridized carbons (Fsp3) is 0.692. The number of hydrogen-bond acceptors (Lipinski definition) is 3. The van der Waals surface area contributed by atoms with Crippen molar-refractivity contribution in [2.75, 3.05) is 13.1 Å². The molecule has 0 aliphatic carbocycles. The van der Waals surface area contributed by atoms with Crippen molar-refractivity contribution < 1.29 is 4.42 Å². The number of nitrogens with zero attached hydrogens (tertiary/aromatic N) is 1. The van der Waals surface area contributed by atoms with Crippen molar-refractivity contribution in [3.8, 4) is 0 Å². The lowest BCUT2D eigenvalue weighted by molar-refractivity contribution is 0.260. The first-order valence-electron chi connectivity index (χ1n) is 6.01. The molecular weight excluding hydrogens is 200 g/mol. The number of furan rings is 1. The minimum absolute atomic E-state index is 0.457. The van der Waals surface area contributed by atoms with Gasteiger partial charge in [0.05, 0.1) is 13.1 Å². The highest BCUT2D eigenvalue weighted by molar-refractivity contribution is 5.19. The lowest BCUT2D eigenvalue weighted by atomic mass is 9.93. The summed E-state index contributed by atoms with van der Waals surface area (Å²) in [4.78, 5) is 2.46. The minimum Gasteiger partial charge on any atom is -0.463 e. The van der Waals surface area contributed by atoms with Crippen molar-refractivity contribution in [1.29, 1.82) is 0 Å². The molecule has 90 valence electrons. The van der Waals surface area contributed by atoms with Gasteiger partial charge in [-0.25, -0.2) is 0 Å². The average molecular weight is 222 g/mol. The topological polar surface area (TPSA) is 42.4 Å². The molecule has 1 aromatic heterocycles. The van der Waals surface area contributed by atoms with Gasteiger partial charge in [0.1, 0.15) is 11.5 Å². The van der Waals surface area contributed by atoms with Crippen molar-refractivity contribution in [2.45, 2.75) is 40.3 Å². The van der Waals surface area contributed by atoms with Gasteiger partial charge < -0.3 is 10.2 Å². The smallest absolute Gasteiger partial charge is 0.120 e. The van der Waals surface area contributed by atoms with Crippen LogP contribution in [-0.2, 0) is 13.1 Å². The molecule has 0 amide bonds. The molecule has 1 saturated heterocycles. The zero-order chi connectivity index (χ0) is 11.8. The van der Waals surface area contributed by atoms with E-state index in [1.165, 1.54) is 18.5 Å². The van der Waals surface area contributed by atoms with Gasteiger partial charge in [0, 0.05) is 6.54 Å². The molecule has 16 heavy (non-hydrogen) atoms. The van der Waals surface area contributed by atoms with Crippen LogP contribution in [0.5, 0.6) is 0 Å². The molecule has 1 fully saturated rings. The molecule has 2 rings (SSSR count). The molecule has 0 atom stereocenters. The summed E-state index contributed by atoms with van der Waals surface area (Å²) in [5, 5.41) is 0. The largest absolute Gasteiger partial charge is 0.463 e. The molecule has 0 bridgehead atoms. The Hall–Kier alpha value is -0.800. The highest BCUT2D eigenvalue weighted by atomic mass is 16.3. The summed E-state index contributed by atoms with van der Waals surface area (Å²) in [6, 6.07) is 2.12. The molecule has 0 saturated carbocycles. The second-order valence-electron chi connectivity index (χ2n) is 5.65. The molecule has 1 aliphatic rings. The second kappa shape index (κ2) is 4.22. The van der Waals surface area contributed by atoms with Crippen LogP contribution >= 0.6 is 0 Å². The quantitative estimate of drug-likeness (QED) is 0.853. The molecule has 2 N–H and O–H groups in total. The number of hydrogen-bond donors (Lipinski definition) is 1. The molecule has 1 aromatic rings. The Kier molecular flexibility index (Phi) is 3.08. The molecule has 0 unspecified atom stereocenters. The summed E-state index contributed by atoms with van der Waals surface area (Å²) < 4.78 is 5.73. The molecule has 3 heteroatoms. The van der Waals surface area contributed by atoms with Crippen molar-refractivity contribution in [3.63, 3.8) is 0 Å². The van der Waals surface area contributed by atoms with E-state index in [9.17, 15) is 0 Å². The summed E-state index contributed by atoms with van der Waals surface area (Å²) >= 11 is 0. The third kappa shape index (κ3) is 2.47. The van der Waals surface area contributed by atoms with Crippen LogP contribution in [0.15, 0.2) is 10.5 Å². The Bertz CT molecular complexity index is 368. The normalized spacial score (nSPS) is 20.5. The average Bonchev–Trinajstić information content (AvgIpc) is 2.70. The Morgan fingerprint density at radius 1 is 1.50 bits per heavy atom. The highest BCUT2D eigenvalue weighted by Crippen LogP contribution is 2.30. The lowest BCUT2D eigenvalue weighted by Gasteiger charge is -2.18. The van der Waals surface area contributed by atoms with Crippen LogP contribution in [0.3, 0.4) is 0 Å². The Morgan fingerprint density at radius 2 is 2.25 bits per heavy atom. The van der Waals surface area contributed by atoms with Crippen molar-refractivity contribution in [1.82, 2.24) is 4.90 Å². The van der Waals surface area contributed by atoms with Gasteiger partial charge in [-0.15, -0.1) is 0 Å². The van der Waals surface area contributed by atoms with Crippen LogP contribution < -0.4 is 5.73 Å². The SMILES string of the molecule is Cc1cc(CN2CCC(C)(C)C2)oc1CN. The number of nitrogens with two attached hydrogens (primary N) is 1. The van der Waals surface area contributed by atoms with Crippen LogP contribution in [0.25, 0.3) is 0 Å². The molecular formula is C13H22N2O. The van der Waals surface area contributed by atoms with E-state index < -0.39 is 0 Å². The lowest BCUT2D eigenvalue weighted by Crippen LogP contribution is -2.22. The Balaban J connectivity index is 1.99. The number of likely N-dealkylation sites (tertiary alicyclic amines) is 1. The van der Waals surface area contributed by atoms with E-state index in [0.717, 1.165) is 24.6 Å². The first-order chi connectivity index (χ1) is 7.50. The monoisotopic (exact) mass is 222 g/mol. The third-order valence-electron chi connectivity index (χ3n) is 3.39. The van der Waals surface area contributed by atoms with E-state index in [1.54, 1.807) is 0 Å². The van der Waals surface area contributed by atoms with E-state index in [0.29, 0.717) is 12.0 Å². The second-order valence-corrected chi connectivity index (χ2v) is 5.65. The fourth-order valence-electron chi connectivity index (χ4n) is 2.45. The molecule has 3 nitrogen and oxygen atoms in total. The maximum atomic E-state index is 5.73. The molecule has 0 spiro atoms.